The van der Waals surface area contributed by atoms with Gasteiger partial charge in [0.1, 0.15) is 11.3 Å². The lowest BCUT2D eigenvalue weighted by Crippen LogP contribution is -2.71. The number of nitrogens with zero attached hydrogens (tertiary/aromatic N) is 5. The van der Waals surface area contributed by atoms with Crippen molar-refractivity contribution < 1.29 is 4.42 Å². The summed E-state index contributed by atoms with van der Waals surface area (Å²) >= 11 is 0. The molecule has 7 heteroatoms. The fourth-order valence-electron chi connectivity index (χ4n) is 7.14. The van der Waals surface area contributed by atoms with E-state index in [2.05, 4.69) is 107 Å². The van der Waals surface area contributed by atoms with Gasteiger partial charge in [-0.15, -0.1) is 0 Å². The van der Waals surface area contributed by atoms with E-state index in [1.165, 1.54) is 10.4 Å². The highest BCUT2D eigenvalue weighted by atomic mass is 28.3. The lowest BCUT2D eigenvalue weighted by molar-refractivity contribution is 0.620. The maximum atomic E-state index is 6.27. The van der Waals surface area contributed by atoms with Crippen molar-refractivity contribution in [2.24, 2.45) is 0 Å². The number of hydrogen-bond acceptors (Lipinski definition) is 5. The predicted molar refractivity (Wildman–Crippen MR) is 182 cm³/mol. The van der Waals surface area contributed by atoms with E-state index in [1.807, 2.05) is 36.5 Å². The van der Waals surface area contributed by atoms with Gasteiger partial charge in [0.15, 0.2) is 5.58 Å². The third-order valence-electron chi connectivity index (χ3n) is 9.08. The van der Waals surface area contributed by atoms with Crippen molar-refractivity contribution in [1.29, 1.82) is 0 Å². The predicted octanol–water partition coefficient (Wildman–Crippen LogP) is 6.44. The topological polar surface area (TPSA) is 69.6 Å². The molecule has 1 atom stereocenters. The van der Waals surface area contributed by atoms with Crippen molar-refractivity contribution >= 4 is 67.9 Å². The first-order valence-electron chi connectivity index (χ1n) is 15.0. The minimum absolute atomic E-state index is 0.603. The number of rotatable bonds is 3. The second kappa shape index (κ2) is 9.04. The molecule has 0 saturated heterocycles. The van der Waals surface area contributed by atoms with Gasteiger partial charge in [-0.05, 0) is 58.9 Å². The molecule has 10 rings (SSSR count). The summed E-state index contributed by atoms with van der Waals surface area (Å²) in [5, 5.41) is 5.60. The third-order valence-corrected chi connectivity index (χ3v) is 13.6. The Kier molecular flexibility index (Phi) is 4.93. The normalized spacial score (nSPS) is 15.6. The number of hydrogen-bond donors (Lipinski definition) is 0. The van der Waals surface area contributed by atoms with Gasteiger partial charge in [0, 0.05) is 28.1 Å². The summed E-state index contributed by atoms with van der Waals surface area (Å²) in [6.07, 6.45) is 1.85. The van der Waals surface area contributed by atoms with Gasteiger partial charge < -0.3 is 8.65 Å². The molecule has 0 N–H and O–H groups in total. The minimum atomic E-state index is -3.10. The van der Waals surface area contributed by atoms with E-state index < -0.39 is 8.24 Å². The molecule has 0 fully saturated rings. The van der Waals surface area contributed by atoms with Crippen molar-refractivity contribution in [3.8, 4) is 22.8 Å². The maximum absolute atomic E-state index is 6.27. The Morgan fingerprint density at radius 3 is 2.33 bits per heavy atom. The van der Waals surface area contributed by atoms with E-state index >= 15 is 0 Å². The Morgan fingerprint density at radius 1 is 0.600 bits per heavy atom. The Bertz CT molecular complexity index is 2610. The molecule has 0 radical (unpaired) electrons. The maximum Gasteiger partial charge on any atom is 0.278 e. The molecule has 5 heterocycles. The van der Waals surface area contributed by atoms with Crippen LogP contribution in [0.15, 0.2) is 144 Å². The number of oxazole rings is 1. The van der Waals surface area contributed by atoms with E-state index in [0.717, 1.165) is 66.2 Å². The van der Waals surface area contributed by atoms with Gasteiger partial charge in [0.25, 0.3) is 8.24 Å². The van der Waals surface area contributed by atoms with Crippen molar-refractivity contribution in [3.05, 3.63) is 140 Å². The van der Waals surface area contributed by atoms with E-state index in [9.17, 15) is 0 Å². The summed E-state index contributed by atoms with van der Waals surface area (Å²) in [5.74, 6) is 1.58. The number of aromatic nitrogens is 5. The number of fused-ring (bicyclic) bond motifs is 9. The Labute approximate surface area is 258 Å². The first kappa shape index (κ1) is 24.5. The van der Waals surface area contributed by atoms with Gasteiger partial charge in [-0.2, -0.15) is 0 Å². The molecule has 1 aliphatic rings. The summed E-state index contributed by atoms with van der Waals surface area (Å²) < 4.78 is 8.78. The Balaban J connectivity index is 1.34. The van der Waals surface area contributed by atoms with Gasteiger partial charge in [-0.3, -0.25) is 9.97 Å². The zero-order chi connectivity index (χ0) is 29.5. The van der Waals surface area contributed by atoms with Crippen LogP contribution in [0.4, 0.5) is 0 Å². The van der Waals surface area contributed by atoms with Crippen molar-refractivity contribution in [2.45, 2.75) is 0 Å². The van der Waals surface area contributed by atoms with Crippen molar-refractivity contribution in [2.75, 3.05) is 0 Å². The molecular formula is C38H23N5OSi. The Morgan fingerprint density at radius 2 is 1.40 bits per heavy atom. The second-order valence-corrected chi connectivity index (χ2v) is 15.0. The van der Waals surface area contributed by atoms with Gasteiger partial charge >= 0.3 is 0 Å². The van der Waals surface area contributed by atoms with E-state index in [0.29, 0.717) is 5.89 Å². The zero-order valence-electron chi connectivity index (χ0n) is 23.9. The monoisotopic (exact) mass is 593 g/mol. The SMILES string of the molecule is c1cc(-c2nc3ccccc3o2)cc([Si]2(c3ccc4ccc5cccnc5c4n3)c3ccccc3-c3nc4ccccc4n32)c1. The van der Waals surface area contributed by atoms with Crippen molar-refractivity contribution in [3.63, 3.8) is 0 Å². The number of pyridine rings is 2. The summed E-state index contributed by atoms with van der Waals surface area (Å²) in [4.78, 5) is 20.4. The fourth-order valence-corrected chi connectivity index (χ4v) is 12.0. The van der Waals surface area contributed by atoms with Crippen LogP contribution in [0.3, 0.4) is 0 Å². The highest BCUT2D eigenvalue weighted by Gasteiger charge is 2.52. The van der Waals surface area contributed by atoms with Crippen LogP contribution >= 0.6 is 0 Å². The van der Waals surface area contributed by atoms with E-state index in [-0.39, 0.29) is 0 Å². The molecule has 210 valence electrons. The molecule has 9 aromatic rings. The molecule has 4 aromatic heterocycles. The summed E-state index contributed by atoms with van der Waals surface area (Å²) in [5.41, 5.74) is 7.57. The van der Waals surface area contributed by atoms with E-state index in [4.69, 9.17) is 24.4 Å². The highest BCUT2D eigenvalue weighted by molar-refractivity contribution is 7.12. The molecule has 0 aliphatic carbocycles. The molecule has 0 amide bonds. The molecule has 1 aliphatic heterocycles. The molecule has 5 aromatic carbocycles. The number of benzene rings is 5. The van der Waals surface area contributed by atoms with Crippen LogP contribution in [0, 0.1) is 0 Å². The molecular weight excluding hydrogens is 571 g/mol. The minimum Gasteiger partial charge on any atom is -0.436 e. The summed E-state index contributed by atoms with van der Waals surface area (Å²) in [6.45, 7) is 0. The van der Waals surface area contributed by atoms with Gasteiger partial charge in [-0.25, -0.2) is 9.97 Å². The smallest absolute Gasteiger partial charge is 0.278 e. The largest absolute Gasteiger partial charge is 0.436 e. The lowest BCUT2D eigenvalue weighted by Gasteiger charge is -2.31. The number of imidazole rings is 1. The van der Waals surface area contributed by atoms with Crippen LogP contribution in [-0.4, -0.2) is 32.4 Å². The molecule has 0 spiro atoms. The standard InChI is InChI=1S/C38H23N5OSi/c1-6-17-33-28(12-1)37-40-29-13-2-4-15-31(29)43(37)45(33,34-21-20-25-19-18-24-10-8-22-39-35(24)36(25)42-34)27-11-7-9-26(23-27)38-41-30-14-3-5-16-32(30)44-38/h1-23H. The number of para-hydroxylation sites is 4. The summed E-state index contributed by atoms with van der Waals surface area (Å²) in [7, 11) is -3.10. The average molecular weight is 594 g/mol. The first-order chi connectivity index (χ1) is 22.3. The van der Waals surface area contributed by atoms with Crippen LogP contribution in [-0.2, 0) is 0 Å². The van der Waals surface area contributed by atoms with Gasteiger partial charge in [0.05, 0.1) is 27.4 Å². The van der Waals surface area contributed by atoms with Crippen molar-refractivity contribution in [1.82, 2.24) is 24.2 Å². The quantitative estimate of drug-likeness (QED) is 0.174. The summed E-state index contributed by atoms with van der Waals surface area (Å²) in [6, 6.07) is 46.5. The lowest BCUT2D eigenvalue weighted by atomic mass is 10.1. The molecule has 1 unspecified atom stereocenters. The van der Waals surface area contributed by atoms with Crippen LogP contribution in [0.2, 0.25) is 0 Å². The zero-order valence-corrected chi connectivity index (χ0v) is 24.9. The van der Waals surface area contributed by atoms with Crippen LogP contribution < -0.4 is 15.7 Å². The van der Waals surface area contributed by atoms with Gasteiger partial charge in [-0.1, -0.05) is 84.9 Å². The second-order valence-electron chi connectivity index (χ2n) is 11.5. The molecule has 45 heavy (non-hydrogen) atoms. The van der Waals surface area contributed by atoms with Gasteiger partial charge in [0.2, 0.25) is 5.89 Å². The molecule has 6 nitrogen and oxygen atoms in total. The molecule has 0 bridgehead atoms. The van der Waals surface area contributed by atoms with Crippen LogP contribution in [0.1, 0.15) is 0 Å². The van der Waals surface area contributed by atoms with Crippen LogP contribution in [0.25, 0.3) is 66.8 Å². The Hall–Kier alpha value is -5.92. The molecule has 0 saturated carbocycles. The van der Waals surface area contributed by atoms with E-state index in [1.54, 1.807) is 0 Å². The average Bonchev–Trinajstić information content (AvgIpc) is 3.79. The van der Waals surface area contributed by atoms with Crippen LogP contribution in [0.5, 0.6) is 0 Å². The fraction of sp³-hybridized carbons (Fsp3) is 0. The highest BCUT2D eigenvalue weighted by Crippen LogP contribution is 2.35. The first-order valence-corrected chi connectivity index (χ1v) is 16.9. The third kappa shape index (κ3) is 3.33.